The standard InChI is InChI=1S/C26H28N4O5S/c1-2-35-18-8-9-21-22(16-18)36-26(27-21)29(11-5-10-28-12-14-34-15-13-28)23(31)17-30-24(32)19-6-3-4-7-20(19)25(30)33/h3-4,6-9,16H,2,5,10-15,17H2,1H3. The first-order valence-corrected chi connectivity index (χ1v) is 13.0. The van der Waals surface area contributed by atoms with Crippen LogP contribution in [0.15, 0.2) is 42.5 Å². The van der Waals surface area contributed by atoms with Gasteiger partial charge in [-0.25, -0.2) is 4.98 Å². The molecule has 3 amide bonds. The lowest BCUT2D eigenvalue weighted by Crippen LogP contribution is -2.44. The summed E-state index contributed by atoms with van der Waals surface area (Å²) in [4.78, 5) is 48.9. The molecule has 1 aromatic heterocycles. The van der Waals surface area contributed by atoms with Gasteiger partial charge in [-0.15, -0.1) is 0 Å². The van der Waals surface area contributed by atoms with E-state index in [-0.39, 0.29) is 12.5 Å². The minimum atomic E-state index is -0.442. The number of imide groups is 1. The van der Waals surface area contributed by atoms with Gasteiger partial charge in [0.25, 0.3) is 11.8 Å². The highest BCUT2D eigenvalue weighted by molar-refractivity contribution is 7.22. The average molecular weight is 509 g/mol. The number of carbonyl (C=O) groups excluding carboxylic acids is 3. The molecule has 3 aromatic rings. The number of thiazole rings is 1. The molecule has 2 aliphatic rings. The highest BCUT2D eigenvalue weighted by Gasteiger charge is 2.37. The molecule has 5 rings (SSSR count). The molecule has 2 aromatic carbocycles. The smallest absolute Gasteiger partial charge is 0.262 e. The summed E-state index contributed by atoms with van der Waals surface area (Å²) in [6.07, 6.45) is 0.730. The van der Waals surface area contributed by atoms with Crippen molar-refractivity contribution in [3.8, 4) is 5.75 Å². The monoisotopic (exact) mass is 508 g/mol. The second kappa shape index (κ2) is 10.7. The van der Waals surface area contributed by atoms with Crippen molar-refractivity contribution in [3.63, 3.8) is 0 Å². The van der Waals surface area contributed by atoms with Crippen LogP contribution >= 0.6 is 11.3 Å². The van der Waals surface area contributed by atoms with Crippen LogP contribution in [0.2, 0.25) is 0 Å². The van der Waals surface area contributed by atoms with E-state index in [2.05, 4.69) is 4.90 Å². The summed E-state index contributed by atoms with van der Waals surface area (Å²) < 4.78 is 11.9. The molecule has 1 saturated heterocycles. The number of rotatable bonds is 9. The highest BCUT2D eigenvalue weighted by atomic mass is 32.1. The van der Waals surface area contributed by atoms with E-state index in [1.807, 2.05) is 25.1 Å². The Labute approximate surface area is 213 Å². The van der Waals surface area contributed by atoms with E-state index in [9.17, 15) is 14.4 Å². The van der Waals surface area contributed by atoms with Crippen molar-refractivity contribution in [2.75, 3.05) is 57.4 Å². The van der Waals surface area contributed by atoms with Gasteiger partial charge < -0.3 is 9.47 Å². The first-order valence-electron chi connectivity index (χ1n) is 12.1. The molecular weight excluding hydrogens is 480 g/mol. The van der Waals surface area contributed by atoms with Gasteiger partial charge in [-0.05, 0) is 43.7 Å². The van der Waals surface area contributed by atoms with E-state index in [0.717, 1.165) is 46.9 Å². The van der Waals surface area contributed by atoms with Gasteiger partial charge in [0.15, 0.2) is 5.13 Å². The lowest BCUT2D eigenvalue weighted by molar-refractivity contribution is -0.119. The van der Waals surface area contributed by atoms with Gasteiger partial charge in [-0.1, -0.05) is 23.5 Å². The Hall–Kier alpha value is -3.34. The maximum absolute atomic E-state index is 13.6. The lowest BCUT2D eigenvalue weighted by Gasteiger charge is -2.28. The van der Waals surface area contributed by atoms with Gasteiger partial charge in [-0.3, -0.25) is 29.1 Å². The highest BCUT2D eigenvalue weighted by Crippen LogP contribution is 2.32. The third kappa shape index (κ3) is 4.97. The van der Waals surface area contributed by atoms with Gasteiger partial charge in [-0.2, -0.15) is 0 Å². The summed E-state index contributed by atoms with van der Waals surface area (Å²) in [6, 6.07) is 12.3. The summed E-state index contributed by atoms with van der Waals surface area (Å²) in [7, 11) is 0. The van der Waals surface area contributed by atoms with Crippen molar-refractivity contribution in [1.82, 2.24) is 14.8 Å². The number of benzene rings is 2. The topological polar surface area (TPSA) is 92.3 Å². The molecule has 0 bridgehead atoms. The van der Waals surface area contributed by atoms with Gasteiger partial charge in [0, 0.05) is 26.2 Å². The fourth-order valence-corrected chi connectivity index (χ4v) is 5.51. The molecule has 188 valence electrons. The molecule has 0 saturated carbocycles. The van der Waals surface area contributed by atoms with Crippen molar-refractivity contribution in [1.29, 1.82) is 0 Å². The normalized spacial score (nSPS) is 16.0. The van der Waals surface area contributed by atoms with E-state index in [1.54, 1.807) is 29.2 Å². The van der Waals surface area contributed by atoms with Crippen LogP contribution in [0, 0.1) is 0 Å². The third-order valence-electron chi connectivity index (χ3n) is 6.32. The molecular formula is C26H28N4O5S. The van der Waals surface area contributed by atoms with E-state index in [4.69, 9.17) is 14.5 Å². The molecule has 1 fully saturated rings. The van der Waals surface area contributed by atoms with E-state index in [0.29, 0.717) is 42.6 Å². The Bertz CT molecular complexity index is 1250. The van der Waals surface area contributed by atoms with Crippen molar-refractivity contribution >= 4 is 44.4 Å². The number of morpholine rings is 1. The number of hydrogen-bond acceptors (Lipinski definition) is 8. The molecule has 0 unspecified atom stereocenters. The van der Waals surface area contributed by atoms with E-state index in [1.165, 1.54) is 11.3 Å². The summed E-state index contributed by atoms with van der Waals surface area (Å²) in [5.41, 5.74) is 1.43. The molecule has 10 heteroatoms. The predicted octanol–water partition coefficient (Wildman–Crippen LogP) is 3.05. The number of ether oxygens (including phenoxy) is 2. The van der Waals surface area contributed by atoms with Crippen LogP contribution in [-0.2, 0) is 9.53 Å². The zero-order valence-corrected chi connectivity index (χ0v) is 21.0. The maximum Gasteiger partial charge on any atom is 0.262 e. The molecule has 0 spiro atoms. The Morgan fingerprint density at radius 3 is 2.53 bits per heavy atom. The predicted molar refractivity (Wildman–Crippen MR) is 137 cm³/mol. The Morgan fingerprint density at radius 2 is 1.83 bits per heavy atom. The van der Waals surface area contributed by atoms with Crippen LogP contribution in [0.1, 0.15) is 34.1 Å². The van der Waals surface area contributed by atoms with Gasteiger partial charge in [0.2, 0.25) is 5.91 Å². The molecule has 36 heavy (non-hydrogen) atoms. The Morgan fingerprint density at radius 1 is 1.11 bits per heavy atom. The van der Waals surface area contributed by atoms with Crippen LogP contribution in [0.3, 0.4) is 0 Å². The fourth-order valence-electron chi connectivity index (χ4n) is 4.47. The van der Waals surface area contributed by atoms with Crippen LogP contribution in [0.4, 0.5) is 5.13 Å². The first-order chi connectivity index (χ1) is 17.5. The number of nitrogens with zero attached hydrogens (tertiary/aromatic N) is 4. The third-order valence-corrected chi connectivity index (χ3v) is 7.36. The number of fused-ring (bicyclic) bond motifs is 2. The molecule has 2 aliphatic heterocycles. The van der Waals surface area contributed by atoms with Crippen molar-refractivity contribution in [2.45, 2.75) is 13.3 Å². The van der Waals surface area contributed by atoms with Crippen LogP contribution in [0.25, 0.3) is 10.2 Å². The number of amides is 3. The minimum Gasteiger partial charge on any atom is -0.494 e. The molecule has 0 atom stereocenters. The van der Waals surface area contributed by atoms with Gasteiger partial charge in [0.05, 0.1) is 41.2 Å². The summed E-state index contributed by atoms with van der Waals surface area (Å²) in [5, 5.41) is 0.544. The number of aromatic nitrogens is 1. The molecule has 0 N–H and O–H groups in total. The summed E-state index contributed by atoms with van der Waals surface area (Å²) >= 11 is 1.40. The number of anilines is 1. The summed E-state index contributed by atoms with van der Waals surface area (Å²) in [5.74, 6) is -0.474. The van der Waals surface area contributed by atoms with Crippen molar-refractivity contribution < 1.29 is 23.9 Å². The lowest BCUT2D eigenvalue weighted by atomic mass is 10.1. The van der Waals surface area contributed by atoms with Crippen LogP contribution < -0.4 is 9.64 Å². The molecule has 0 aliphatic carbocycles. The SMILES string of the molecule is CCOc1ccc2nc(N(CCCN3CCOCC3)C(=O)CN3C(=O)c4ccccc4C3=O)sc2c1. The zero-order chi connectivity index (χ0) is 25.1. The number of carbonyl (C=O) groups is 3. The zero-order valence-electron chi connectivity index (χ0n) is 20.1. The number of hydrogen-bond donors (Lipinski definition) is 0. The Kier molecular flexibility index (Phi) is 7.26. The van der Waals surface area contributed by atoms with Gasteiger partial charge >= 0.3 is 0 Å². The Balaban J connectivity index is 1.36. The fraction of sp³-hybridized carbons (Fsp3) is 0.385. The first kappa shape index (κ1) is 24.4. The quantitative estimate of drug-likeness (QED) is 0.410. The second-order valence-electron chi connectivity index (χ2n) is 8.65. The van der Waals surface area contributed by atoms with Gasteiger partial charge in [0.1, 0.15) is 12.3 Å². The maximum atomic E-state index is 13.6. The molecule has 3 heterocycles. The average Bonchev–Trinajstić information content (AvgIpc) is 3.42. The van der Waals surface area contributed by atoms with Crippen molar-refractivity contribution in [3.05, 3.63) is 53.6 Å². The van der Waals surface area contributed by atoms with E-state index >= 15 is 0 Å². The van der Waals surface area contributed by atoms with E-state index < -0.39 is 11.8 Å². The molecule has 0 radical (unpaired) electrons. The minimum absolute atomic E-state index is 0.329. The second-order valence-corrected chi connectivity index (χ2v) is 9.66. The largest absolute Gasteiger partial charge is 0.494 e. The van der Waals surface area contributed by atoms with Crippen molar-refractivity contribution in [2.24, 2.45) is 0 Å². The molecule has 9 nitrogen and oxygen atoms in total. The summed E-state index contributed by atoms with van der Waals surface area (Å²) in [6.45, 7) is 6.56. The van der Waals surface area contributed by atoms with Crippen LogP contribution in [0.5, 0.6) is 5.75 Å². The van der Waals surface area contributed by atoms with Crippen LogP contribution in [-0.4, -0.2) is 85.0 Å².